The Morgan fingerprint density at radius 3 is 2.26 bits per heavy atom. The van der Waals surface area contributed by atoms with Gasteiger partial charge in [-0.25, -0.2) is 4.39 Å². The zero-order valence-electron chi connectivity index (χ0n) is 13.1. The largest absolute Gasteiger partial charge is 0.497 e. The van der Waals surface area contributed by atoms with Gasteiger partial charge in [0.05, 0.1) is 14.2 Å². The van der Waals surface area contributed by atoms with Crippen LogP contribution < -0.4 is 19.5 Å². The van der Waals surface area contributed by atoms with E-state index < -0.39 is 17.8 Å². The molecule has 1 atom stereocenters. The van der Waals surface area contributed by atoms with E-state index in [1.54, 1.807) is 37.3 Å². The van der Waals surface area contributed by atoms with E-state index in [1.165, 1.54) is 26.4 Å². The fourth-order valence-electron chi connectivity index (χ4n) is 1.91. The van der Waals surface area contributed by atoms with Crippen molar-refractivity contribution in [3.63, 3.8) is 0 Å². The number of rotatable bonds is 6. The van der Waals surface area contributed by atoms with E-state index >= 15 is 0 Å². The molecule has 0 aliphatic carbocycles. The van der Waals surface area contributed by atoms with E-state index in [0.717, 1.165) is 0 Å². The summed E-state index contributed by atoms with van der Waals surface area (Å²) in [5.74, 6) is 0.182. The van der Waals surface area contributed by atoms with Gasteiger partial charge < -0.3 is 19.5 Å². The molecular weight excluding hydrogens is 301 g/mol. The van der Waals surface area contributed by atoms with Crippen LogP contribution in [0.15, 0.2) is 42.5 Å². The predicted molar refractivity (Wildman–Crippen MR) is 84.7 cm³/mol. The van der Waals surface area contributed by atoms with Gasteiger partial charge >= 0.3 is 0 Å². The van der Waals surface area contributed by atoms with Crippen molar-refractivity contribution in [3.05, 3.63) is 48.3 Å². The minimum absolute atomic E-state index is 0.0263. The summed E-state index contributed by atoms with van der Waals surface area (Å²) in [4.78, 5) is 12.2. The fourth-order valence-corrected chi connectivity index (χ4v) is 1.91. The second-order valence-corrected chi connectivity index (χ2v) is 4.78. The van der Waals surface area contributed by atoms with Crippen LogP contribution in [-0.2, 0) is 4.79 Å². The number of anilines is 1. The molecule has 5 nitrogen and oxygen atoms in total. The number of benzene rings is 2. The van der Waals surface area contributed by atoms with Gasteiger partial charge in [0, 0.05) is 23.9 Å². The first-order valence-corrected chi connectivity index (χ1v) is 6.98. The molecule has 2 rings (SSSR count). The molecule has 1 amide bonds. The Balaban J connectivity index is 2.08. The molecule has 23 heavy (non-hydrogen) atoms. The first kappa shape index (κ1) is 16.6. The lowest BCUT2D eigenvalue weighted by Crippen LogP contribution is -2.30. The first-order valence-electron chi connectivity index (χ1n) is 6.98. The van der Waals surface area contributed by atoms with Gasteiger partial charge in [0.1, 0.15) is 11.5 Å². The van der Waals surface area contributed by atoms with Crippen LogP contribution >= 0.6 is 0 Å². The third-order valence-corrected chi connectivity index (χ3v) is 3.13. The Labute approximate surface area is 134 Å². The smallest absolute Gasteiger partial charge is 0.265 e. The zero-order valence-corrected chi connectivity index (χ0v) is 13.1. The SMILES string of the molecule is COc1cc(NC(=O)[C@@H](C)Oc2ccccc2F)cc(OC)c1. The maximum atomic E-state index is 13.5. The summed E-state index contributed by atoms with van der Waals surface area (Å²) in [6.45, 7) is 1.54. The Bertz CT molecular complexity index is 668. The molecule has 0 radical (unpaired) electrons. The molecule has 6 heteroatoms. The van der Waals surface area contributed by atoms with Gasteiger partial charge in [0.2, 0.25) is 0 Å². The van der Waals surface area contributed by atoms with E-state index in [-0.39, 0.29) is 5.75 Å². The second kappa shape index (κ2) is 7.49. The van der Waals surface area contributed by atoms with Crippen molar-refractivity contribution in [1.82, 2.24) is 0 Å². The summed E-state index contributed by atoms with van der Waals surface area (Å²) in [6.07, 6.45) is -0.871. The van der Waals surface area contributed by atoms with Crippen LogP contribution in [0.4, 0.5) is 10.1 Å². The second-order valence-electron chi connectivity index (χ2n) is 4.78. The van der Waals surface area contributed by atoms with E-state index in [1.807, 2.05) is 0 Å². The first-order chi connectivity index (χ1) is 11.0. The summed E-state index contributed by atoms with van der Waals surface area (Å²) in [5, 5.41) is 2.68. The van der Waals surface area contributed by atoms with Crippen LogP contribution in [0.1, 0.15) is 6.92 Å². The highest BCUT2D eigenvalue weighted by Gasteiger charge is 2.17. The Morgan fingerprint density at radius 2 is 1.70 bits per heavy atom. The summed E-state index contributed by atoms with van der Waals surface area (Å²) in [5.41, 5.74) is 0.496. The maximum absolute atomic E-state index is 13.5. The Morgan fingerprint density at radius 1 is 1.09 bits per heavy atom. The van der Waals surface area contributed by atoms with E-state index in [4.69, 9.17) is 14.2 Å². The van der Waals surface area contributed by atoms with Gasteiger partial charge in [-0.05, 0) is 19.1 Å². The van der Waals surface area contributed by atoms with Crippen molar-refractivity contribution < 1.29 is 23.4 Å². The van der Waals surface area contributed by atoms with Crippen LogP contribution in [0.5, 0.6) is 17.2 Å². The third-order valence-electron chi connectivity index (χ3n) is 3.13. The molecule has 1 N–H and O–H groups in total. The molecule has 122 valence electrons. The summed E-state index contributed by atoms with van der Waals surface area (Å²) >= 11 is 0. The van der Waals surface area contributed by atoms with E-state index in [9.17, 15) is 9.18 Å². The standard InChI is InChI=1S/C17H18FNO4/c1-11(23-16-7-5-4-6-15(16)18)17(20)19-12-8-13(21-2)10-14(9-12)22-3/h4-11H,1-3H3,(H,19,20)/t11-/m1/s1. The number of amides is 1. The van der Waals surface area contributed by atoms with Crippen molar-refractivity contribution in [2.24, 2.45) is 0 Å². The number of halogens is 1. The molecule has 0 heterocycles. The molecule has 0 aliphatic rings. The van der Waals surface area contributed by atoms with E-state index in [0.29, 0.717) is 17.2 Å². The van der Waals surface area contributed by atoms with Crippen molar-refractivity contribution >= 4 is 11.6 Å². The number of nitrogens with one attached hydrogen (secondary N) is 1. The minimum atomic E-state index is -0.871. The molecule has 2 aromatic carbocycles. The molecule has 0 unspecified atom stereocenters. The predicted octanol–water partition coefficient (Wildman–Crippen LogP) is 3.25. The molecule has 0 saturated heterocycles. The molecule has 2 aromatic rings. The Kier molecular flexibility index (Phi) is 5.41. The van der Waals surface area contributed by atoms with Crippen molar-refractivity contribution in [3.8, 4) is 17.2 Å². The van der Waals surface area contributed by atoms with Crippen molar-refractivity contribution in [2.45, 2.75) is 13.0 Å². The van der Waals surface area contributed by atoms with Crippen LogP contribution in [0.25, 0.3) is 0 Å². The normalized spacial score (nSPS) is 11.5. The number of carbonyl (C=O) groups excluding carboxylic acids is 1. The number of hydrogen-bond acceptors (Lipinski definition) is 4. The van der Waals surface area contributed by atoms with Crippen molar-refractivity contribution in [2.75, 3.05) is 19.5 Å². The number of methoxy groups -OCH3 is 2. The van der Waals surface area contributed by atoms with Gasteiger partial charge in [-0.1, -0.05) is 12.1 Å². The van der Waals surface area contributed by atoms with Crippen LogP contribution in [0.2, 0.25) is 0 Å². The zero-order chi connectivity index (χ0) is 16.8. The quantitative estimate of drug-likeness (QED) is 0.888. The van der Waals surface area contributed by atoms with Gasteiger partial charge in [-0.2, -0.15) is 0 Å². The molecule has 0 aromatic heterocycles. The van der Waals surface area contributed by atoms with Gasteiger partial charge in [0.15, 0.2) is 17.7 Å². The number of para-hydroxylation sites is 1. The highest BCUT2D eigenvalue weighted by atomic mass is 19.1. The number of ether oxygens (including phenoxy) is 3. The van der Waals surface area contributed by atoms with Gasteiger partial charge in [-0.15, -0.1) is 0 Å². The Hall–Kier alpha value is -2.76. The lowest BCUT2D eigenvalue weighted by atomic mass is 10.2. The maximum Gasteiger partial charge on any atom is 0.265 e. The monoisotopic (exact) mass is 319 g/mol. The molecule has 0 bridgehead atoms. The highest BCUT2D eigenvalue weighted by Crippen LogP contribution is 2.26. The average molecular weight is 319 g/mol. The molecule has 0 saturated carbocycles. The molecular formula is C17H18FNO4. The van der Waals surface area contributed by atoms with E-state index in [2.05, 4.69) is 5.32 Å². The fraction of sp³-hybridized carbons (Fsp3) is 0.235. The van der Waals surface area contributed by atoms with Crippen LogP contribution in [-0.4, -0.2) is 26.2 Å². The topological polar surface area (TPSA) is 56.8 Å². The third kappa shape index (κ3) is 4.35. The number of carbonyl (C=O) groups is 1. The average Bonchev–Trinajstić information content (AvgIpc) is 2.56. The molecule has 0 fully saturated rings. The lowest BCUT2D eigenvalue weighted by Gasteiger charge is -2.16. The van der Waals surface area contributed by atoms with Crippen LogP contribution in [0.3, 0.4) is 0 Å². The van der Waals surface area contributed by atoms with Gasteiger partial charge in [0.25, 0.3) is 5.91 Å². The summed E-state index contributed by atoms with van der Waals surface area (Å²) < 4.78 is 29.2. The molecule has 0 aliphatic heterocycles. The van der Waals surface area contributed by atoms with Crippen molar-refractivity contribution in [1.29, 1.82) is 0 Å². The minimum Gasteiger partial charge on any atom is -0.497 e. The summed E-state index contributed by atoms with van der Waals surface area (Å²) in [7, 11) is 3.04. The lowest BCUT2D eigenvalue weighted by molar-refractivity contribution is -0.122. The molecule has 0 spiro atoms. The summed E-state index contributed by atoms with van der Waals surface area (Å²) in [6, 6.07) is 10.9. The number of hydrogen-bond donors (Lipinski definition) is 1. The highest BCUT2D eigenvalue weighted by molar-refractivity contribution is 5.94. The van der Waals surface area contributed by atoms with Gasteiger partial charge in [-0.3, -0.25) is 4.79 Å². The van der Waals surface area contributed by atoms with Crippen LogP contribution in [0, 0.1) is 5.82 Å².